The molecule has 2 heteroatoms. The Labute approximate surface area is 77.6 Å². The van der Waals surface area contributed by atoms with Gasteiger partial charge in [0.05, 0.1) is 0 Å². The summed E-state index contributed by atoms with van der Waals surface area (Å²) in [5.74, 6) is 2.60. The van der Waals surface area contributed by atoms with E-state index in [1.165, 1.54) is 10.4 Å². The fraction of sp³-hybridized carbons (Fsp3) is 0.400. The quantitative estimate of drug-likeness (QED) is 0.709. The van der Waals surface area contributed by atoms with Gasteiger partial charge in [-0.3, -0.25) is 0 Å². The van der Waals surface area contributed by atoms with Gasteiger partial charge < -0.3 is 5.73 Å². The zero-order valence-electron chi connectivity index (χ0n) is 7.21. The second-order valence-electron chi connectivity index (χ2n) is 2.88. The van der Waals surface area contributed by atoms with E-state index in [9.17, 15) is 0 Å². The molecule has 1 unspecified atom stereocenters. The van der Waals surface area contributed by atoms with Gasteiger partial charge in [-0.1, -0.05) is 0 Å². The topological polar surface area (TPSA) is 26.0 Å². The monoisotopic (exact) mass is 179 g/mol. The smallest absolute Gasteiger partial charge is 0.0398 e. The van der Waals surface area contributed by atoms with Gasteiger partial charge in [-0.15, -0.1) is 23.7 Å². The third-order valence-corrected chi connectivity index (χ3v) is 2.90. The van der Waals surface area contributed by atoms with E-state index in [0.717, 1.165) is 12.8 Å². The van der Waals surface area contributed by atoms with Crippen molar-refractivity contribution >= 4 is 11.3 Å². The predicted octanol–water partition coefficient (Wildman–Crippen LogP) is 2.47. The molecule has 12 heavy (non-hydrogen) atoms. The van der Waals surface area contributed by atoms with E-state index in [4.69, 9.17) is 12.2 Å². The van der Waals surface area contributed by atoms with Crippen LogP contribution in [0.2, 0.25) is 0 Å². The summed E-state index contributed by atoms with van der Waals surface area (Å²) in [7, 11) is 0. The third kappa shape index (κ3) is 2.37. The molecule has 1 nitrogen and oxygen atoms in total. The minimum absolute atomic E-state index is 0.125. The fourth-order valence-electron chi connectivity index (χ4n) is 1.03. The van der Waals surface area contributed by atoms with Crippen LogP contribution in [-0.2, 0) is 0 Å². The highest BCUT2D eigenvalue weighted by atomic mass is 32.1. The van der Waals surface area contributed by atoms with Crippen LogP contribution in [0, 0.1) is 19.3 Å². The molecule has 0 aromatic carbocycles. The molecule has 0 radical (unpaired) electrons. The molecular formula is C10H13NS. The number of nitrogens with two attached hydrogens (primary N) is 1. The molecule has 2 N–H and O–H groups in total. The summed E-state index contributed by atoms with van der Waals surface area (Å²) < 4.78 is 0. The lowest BCUT2D eigenvalue weighted by molar-refractivity contribution is 0.679. The number of hydrogen-bond donors (Lipinski definition) is 1. The van der Waals surface area contributed by atoms with Crippen LogP contribution in [0.4, 0.5) is 0 Å². The number of hydrogen-bond acceptors (Lipinski definition) is 2. The number of aryl methyl sites for hydroxylation is 1. The predicted molar refractivity (Wildman–Crippen MR) is 54.1 cm³/mol. The van der Waals surface area contributed by atoms with Gasteiger partial charge in [0, 0.05) is 17.3 Å². The van der Waals surface area contributed by atoms with Gasteiger partial charge in [0.2, 0.25) is 0 Å². The van der Waals surface area contributed by atoms with Gasteiger partial charge in [0.25, 0.3) is 0 Å². The van der Waals surface area contributed by atoms with Gasteiger partial charge >= 0.3 is 0 Å². The molecule has 0 aliphatic rings. The van der Waals surface area contributed by atoms with E-state index in [0.29, 0.717) is 0 Å². The molecule has 1 atom stereocenters. The maximum Gasteiger partial charge on any atom is 0.0398 e. The molecule has 0 aliphatic carbocycles. The van der Waals surface area contributed by atoms with Gasteiger partial charge in [0.15, 0.2) is 0 Å². The van der Waals surface area contributed by atoms with Crippen molar-refractivity contribution in [3.63, 3.8) is 0 Å². The first kappa shape index (κ1) is 9.31. The second kappa shape index (κ2) is 4.30. The van der Waals surface area contributed by atoms with Gasteiger partial charge in [-0.25, -0.2) is 0 Å². The van der Waals surface area contributed by atoms with Crippen molar-refractivity contribution < 1.29 is 0 Å². The number of thiophene rings is 1. The highest BCUT2D eigenvalue weighted by Crippen LogP contribution is 2.22. The fourth-order valence-corrected chi connectivity index (χ4v) is 1.97. The molecule has 0 saturated heterocycles. The summed E-state index contributed by atoms with van der Waals surface area (Å²) in [6, 6.07) is 2.26. The van der Waals surface area contributed by atoms with Crippen molar-refractivity contribution in [3.05, 3.63) is 21.9 Å². The zero-order chi connectivity index (χ0) is 8.97. The first-order chi connectivity index (χ1) is 5.74. The van der Waals surface area contributed by atoms with E-state index in [1.54, 1.807) is 11.3 Å². The average molecular weight is 179 g/mol. The second-order valence-corrected chi connectivity index (χ2v) is 3.82. The normalized spacial score (nSPS) is 12.4. The Balaban J connectivity index is 2.54. The summed E-state index contributed by atoms with van der Waals surface area (Å²) in [6.07, 6.45) is 6.81. The molecule has 1 aromatic heterocycles. The Morgan fingerprint density at radius 3 is 3.00 bits per heavy atom. The summed E-state index contributed by atoms with van der Waals surface area (Å²) in [4.78, 5) is 1.24. The molecule has 1 heterocycles. The molecule has 0 amide bonds. The van der Waals surface area contributed by atoms with Crippen LogP contribution in [0.5, 0.6) is 0 Å². The molecule has 0 bridgehead atoms. The molecule has 64 valence electrons. The lowest BCUT2D eigenvalue weighted by atomic mass is 10.1. The van der Waals surface area contributed by atoms with Crippen molar-refractivity contribution in [1.29, 1.82) is 0 Å². The molecule has 1 aromatic rings. The standard InChI is InChI=1S/C10H13NS/c1-3-4-5-9(11)10-6-8(2)7-12-10/h1,6-7,9H,4-5,11H2,2H3. The Bertz CT molecular complexity index is 282. The molecule has 0 aliphatic heterocycles. The molecule has 0 fully saturated rings. The van der Waals surface area contributed by atoms with Gasteiger partial charge in [-0.05, 0) is 30.4 Å². The van der Waals surface area contributed by atoms with Crippen LogP contribution in [0.25, 0.3) is 0 Å². The van der Waals surface area contributed by atoms with Crippen LogP contribution in [0.15, 0.2) is 11.4 Å². The summed E-state index contributed by atoms with van der Waals surface area (Å²) in [5, 5.41) is 2.12. The highest BCUT2D eigenvalue weighted by molar-refractivity contribution is 7.10. The minimum Gasteiger partial charge on any atom is -0.323 e. The van der Waals surface area contributed by atoms with E-state index in [2.05, 4.69) is 24.3 Å². The van der Waals surface area contributed by atoms with E-state index < -0.39 is 0 Å². The minimum atomic E-state index is 0.125. The van der Waals surface area contributed by atoms with E-state index in [1.807, 2.05) is 0 Å². The van der Waals surface area contributed by atoms with Crippen molar-refractivity contribution in [1.82, 2.24) is 0 Å². The van der Waals surface area contributed by atoms with Crippen LogP contribution in [0.3, 0.4) is 0 Å². The molecular weight excluding hydrogens is 166 g/mol. The molecule has 0 spiro atoms. The zero-order valence-corrected chi connectivity index (χ0v) is 8.03. The number of terminal acetylenes is 1. The Hall–Kier alpha value is -0.780. The Morgan fingerprint density at radius 1 is 1.75 bits per heavy atom. The van der Waals surface area contributed by atoms with Crippen LogP contribution in [0.1, 0.15) is 29.3 Å². The SMILES string of the molecule is C#CCCC(N)c1cc(C)cs1. The summed E-state index contributed by atoms with van der Waals surface area (Å²) in [5.41, 5.74) is 7.19. The van der Waals surface area contributed by atoms with Crippen molar-refractivity contribution in [2.45, 2.75) is 25.8 Å². The lowest BCUT2D eigenvalue weighted by Crippen LogP contribution is -2.07. The first-order valence-corrected chi connectivity index (χ1v) is 4.86. The molecule has 0 saturated carbocycles. The van der Waals surface area contributed by atoms with Crippen LogP contribution < -0.4 is 5.73 Å². The molecule has 1 rings (SSSR count). The van der Waals surface area contributed by atoms with E-state index >= 15 is 0 Å². The lowest BCUT2D eigenvalue weighted by Gasteiger charge is -2.05. The Morgan fingerprint density at radius 2 is 2.50 bits per heavy atom. The maximum atomic E-state index is 5.91. The van der Waals surface area contributed by atoms with Crippen LogP contribution >= 0.6 is 11.3 Å². The largest absolute Gasteiger partial charge is 0.323 e. The average Bonchev–Trinajstić information content (AvgIpc) is 2.47. The van der Waals surface area contributed by atoms with Gasteiger partial charge in [0.1, 0.15) is 0 Å². The highest BCUT2D eigenvalue weighted by Gasteiger charge is 2.06. The maximum absolute atomic E-state index is 5.91. The summed E-state index contributed by atoms with van der Waals surface area (Å²) >= 11 is 1.71. The third-order valence-electron chi connectivity index (χ3n) is 1.72. The Kier molecular flexibility index (Phi) is 3.33. The van der Waals surface area contributed by atoms with Gasteiger partial charge in [-0.2, -0.15) is 0 Å². The van der Waals surface area contributed by atoms with E-state index in [-0.39, 0.29) is 6.04 Å². The first-order valence-electron chi connectivity index (χ1n) is 3.98. The van der Waals surface area contributed by atoms with Crippen LogP contribution in [-0.4, -0.2) is 0 Å². The van der Waals surface area contributed by atoms with Crippen molar-refractivity contribution in [2.75, 3.05) is 0 Å². The van der Waals surface area contributed by atoms with Crippen molar-refractivity contribution in [3.8, 4) is 12.3 Å². The number of rotatable bonds is 3. The summed E-state index contributed by atoms with van der Waals surface area (Å²) in [6.45, 7) is 2.08. The van der Waals surface area contributed by atoms with Crippen molar-refractivity contribution in [2.24, 2.45) is 5.73 Å².